The number of anilines is 1. The molecule has 2 heterocycles. The van der Waals surface area contributed by atoms with Gasteiger partial charge in [-0.15, -0.1) is 0 Å². The summed E-state index contributed by atoms with van der Waals surface area (Å²) >= 11 is 16.2. The Balaban J connectivity index is 0.000000235. The van der Waals surface area contributed by atoms with E-state index >= 15 is 0 Å². The minimum atomic E-state index is -0.646. The molecule has 0 fully saturated rings. The standard InChI is InChI=1S/C13H10ClFN6O.C7H3Cl2FO/c14-7-3-6(1-2-8(7)15)4-17-13(22)11-9-10(18-5-19-11)12(16)21-20-9;8-5-3-4(7(9)11)1-2-6(5)10/h1-3,5H,4H2,(H,17,22)(H3,16,20,21);1-3H. The molecular weight excluding hydrogens is 501 g/mol. The summed E-state index contributed by atoms with van der Waals surface area (Å²) in [4.78, 5) is 30.6. The van der Waals surface area contributed by atoms with Gasteiger partial charge in [-0.3, -0.25) is 14.7 Å². The van der Waals surface area contributed by atoms with Crippen LogP contribution < -0.4 is 11.1 Å². The Bertz CT molecular complexity index is 1350. The molecule has 170 valence electrons. The molecule has 13 heteroatoms. The number of halogens is 5. The lowest BCUT2D eigenvalue weighted by Crippen LogP contribution is -2.24. The first-order valence-corrected chi connectivity index (χ1v) is 10.1. The molecule has 4 rings (SSSR count). The molecule has 0 radical (unpaired) electrons. The zero-order valence-electron chi connectivity index (χ0n) is 16.4. The average molecular weight is 514 g/mol. The van der Waals surface area contributed by atoms with Crippen LogP contribution in [0.15, 0.2) is 42.7 Å². The average Bonchev–Trinajstić information content (AvgIpc) is 3.17. The third-order valence-electron chi connectivity index (χ3n) is 4.18. The van der Waals surface area contributed by atoms with E-state index in [2.05, 4.69) is 25.5 Å². The molecule has 0 unspecified atom stereocenters. The Hall–Kier alpha value is -3.34. The lowest BCUT2D eigenvalue weighted by atomic mass is 10.2. The number of H-pyrrole nitrogens is 1. The number of carbonyl (C=O) groups is 2. The van der Waals surface area contributed by atoms with Crippen LogP contribution in [0.5, 0.6) is 0 Å². The first-order chi connectivity index (χ1) is 15.7. The van der Waals surface area contributed by atoms with Gasteiger partial charge < -0.3 is 11.1 Å². The number of nitrogens with two attached hydrogens (primary N) is 1. The van der Waals surface area contributed by atoms with Gasteiger partial charge in [-0.05, 0) is 47.5 Å². The van der Waals surface area contributed by atoms with Crippen LogP contribution in [0.1, 0.15) is 26.4 Å². The first-order valence-electron chi connectivity index (χ1n) is 8.99. The SMILES string of the molecule is Nc1n[nH]c2c(C(=O)NCc3ccc(F)c(Cl)c3)ncnc12.O=C(Cl)c1ccc(F)c(Cl)c1. The zero-order valence-corrected chi connectivity index (χ0v) is 18.6. The fourth-order valence-corrected chi connectivity index (χ4v) is 3.06. The van der Waals surface area contributed by atoms with E-state index in [-0.39, 0.29) is 33.7 Å². The van der Waals surface area contributed by atoms with Crippen molar-refractivity contribution in [3.63, 3.8) is 0 Å². The van der Waals surface area contributed by atoms with Crippen LogP contribution in [-0.4, -0.2) is 31.3 Å². The molecule has 0 aliphatic carbocycles. The topological polar surface area (TPSA) is 127 Å². The van der Waals surface area contributed by atoms with Crippen molar-refractivity contribution >= 4 is 62.8 Å². The quantitative estimate of drug-likeness (QED) is 0.345. The van der Waals surface area contributed by atoms with Crippen LogP contribution in [-0.2, 0) is 6.54 Å². The van der Waals surface area contributed by atoms with Crippen LogP contribution in [0.3, 0.4) is 0 Å². The van der Waals surface area contributed by atoms with Gasteiger partial charge in [-0.2, -0.15) is 5.10 Å². The van der Waals surface area contributed by atoms with Crippen LogP contribution in [0.25, 0.3) is 11.0 Å². The van der Waals surface area contributed by atoms with Crippen LogP contribution >= 0.6 is 34.8 Å². The molecule has 4 aromatic rings. The molecule has 0 spiro atoms. The molecule has 0 saturated carbocycles. The van der Waals surface area contributed by atoms with E-state index in [9.17, 15) is 18.4 Å². The molecule has 8 nitrogen and oxygen atoms in total. The van der Waals surface area contributed by atoms with Gasteiger partial charge in [0.25, 0.3) is 11.1 Å². The second-order valence-corrected chi connectivity index (χ2v) is 7.55. The van der Waals surface area contributed by atoms with Crippen molar-refractivity contribution in [2.45, 2.75) is 6.54 Å². The summed E-state index contributed by atoms with van der Waals surface area (Å²) in [5.74, 6) is -1.32. The van der Waals surface area contributed by atoms with E-state index in [4.69, 9.17) is 40.5 Å². The number of nitrogens with zero attached hydrogens (tertiary/aromatic N) is 3. The number of rotatable bonds is 4. The summed E-state index contributed by atoms with van der Waals surface area (Å²) in [7, 11) is 0. The largest absolute Gasteiger partial charge is 0.380 e. The normalized spacial score (nSPS) is 10.5. The molecule has 0 aliphatic heterocycles. The lowest BCUT2D eigenvalue weighted by Gasteiger charge is -2.06. The van der Waals surface area contributed by atoms with Gasteiger partial charge >= 0.3 is 0 Å². The van der Waals surface area contributed by atoms with Gasteiger partial charge in [-0.1, -0.05) is 29.3 Å². The van der Waals surface area contributed by atoms with E-state index in [1.54, 1.807) is 0 Å². The summed E-state index contributed by atoms with van der Waals surface area (Å²) in [6.07, 6.45) is 1.23. The lowest BCUT2D eigenvalue weighted by molar-refractivity contribution is 0.0947. The molecule has 4 N–H and O–H groups in total. The Morgan fingerprint density at radius 3 is 2.33 bits per heavy atom. The number of aromatic nitrogens is 4. The molecule has 1 amide bonds. The maximum absolute atomic E-state index is 13.1. The number of carbonyl (C=O) groups excluding carboxylic acids is 2. The molecule has 0 atom stereocenters. The van der Waals surface area contributed by atoms with E-state index in [1.807, 2.05) is 0 Å². The molecule has 2 aromatic carbocycles. The van der Waals surface area contributed by atoms with Crippen LogP contribution in [0.2, 0.25) is 10.0 Å². The fourth-order valence-electron chi connectivity index (χ4n) is 2.56. The van der Waals surface area contributed by atoms with Crippen molar-refractivity contribution in [2.75, 3.05) is 5.73 Å². The summed E-state index contributed by atoms with van der Waals surface area (Å²) in [5, 5.41) is 8.33. The van der Waals surface area contributed by atoms with E-state index in [0.717, 1.165) is 6.07 Å². The molecule has 0 bridgehead atoms. The van der Waals surface area contributed by atoms with Gasteiger partial charge in [0.05, 0.1) is 10.0 Å². The Morgan fingerprint density at radius 1 is 1.03 bits per heavy atom. The number of aromatic amines is 1. The van der Waals surface area contributed by atoms with Crippen LogP contribution in [0.4, 0.5) is 14.6 Å². The number of nitrogens with one attached hydrogen (secondary N) is 2. The third kappa shape index (κ3) is 5.92. The van der Waals surface area contributed by atoms with E-state index in [0.29, 0.717) is 16.6 Å². The molecule has 33 heavy (non-hydrogen) atoms. The maximum atomic E-state index is 13.1. The van der Waals surface area contributed by atoms with Crippen molar-refractivity contribution in [3.05, 3.63) is 81.2 Å². The summed E-state index contributed by atoms with van der Waals surface area (Å²) in [5.41, 5.74) is 7.34. The zero-order chi connectivity index (χ0) is 24.1. The first kappa shape index (κ1) is 24.3. The Kier molecular flexibility index (Phi) is 7.75. The van der Waals surface area contributed by atoms with E-state index in [1.165, 1.54) is 36.7 Å². The van der Waals surface area contributed by atoms with E-state index < -0.39 is 22.8 Å². The van der Waals surface area contributed by atoms with Crippen molar-refractivity contribution in [3.8, 4) is 0 Å². The predicted octanol–water partition coefficient (Wildman–Crippen LogP) is 4.52. The predicted molar refractivity (Wildman–Crippen MR) is 120 cm³/mol. The highest BCUT2D eigenvalue weighted by atomic mass is 35.5. The Labute approximate surface area is 200 Å². The molecule has 0 saturated heterocycles. The number of hydrogen-bond acceptors (Lipinski definition) is 6. The third-order valence-corrected chi connectivity index (χ3v) is 4.97. The Morgan fingerprint density at radius 2 is 1.70 bits per heavy atom. The molecule has 2 aromatic heterocycles. The van der Waals surface area contributed by atoms with Gasteiger partial charge in [0, 0.05) is 12.1 Å². The van der Waals surface area contributed by atoms with Crippen molar-refractivity contribution < 1.29 is 18.4 Å². The molecule has 0 aliphatic rings. The monoisotopic (exact) mass is 512 g/mol. The van der Waals surface area contributed by atoms with Crippen LogP contribution in [0, 0.1) is 11.6 Å². The van der Waals surface area contributed by atoms with Gasteiger partial charge in [-0.25, -0.2) is 18.7 Å². The van der Waals surface area contributed by atoms with Gasteiger partial charge in [0.1, 0.15) is 29.0 Å². The summed E-state index contributed by atoms with van der Waals surface area (Å²) in [6.45, 7) is 0.175. The summed E-state index contributed by atoms with van der Waals surface area (Å²) in [6, 6.07) is 7.77. The highest BCUT2D eigenvalue weighted by molar-refractivity contribution is 6.67. The highest BCUT2D eigenvalue weighted by Crippen LogP contribution is 2.18. The second-order valence-electron chi connectivity index (χ2n) is 6.39. The fraction of sp³-hybridized carbons (Fsp3) is 0.0500. The minimum absolute atomic E-state index is 0.00230. The number of nitrogen functional groups attached to an aromatic ring is 1. The van der Waals surface area contributed by atoms with Gasteiger partial charge in [0.15, 0.2) is 11.5 Å². The number of amides is 1. The maximum Gasteiger partial charge on any atom is 0.272 e. The van der Waals surface area contributed by atoms with Gasteiger partial charge in [0.2, 0.25) is 0 Å². The molecular formula is C20H13Cl3F2N6O2. The second kappa shape index (κ2) is 10.5. The summed E-state index contributed by atoms with van der Waals surface area (Å²) < 4.78 is 25.6. The number of benzene rings is 2. The highest BCUT2D eigenvalue weighted by Gasteiger charge is 2.16. The van der Waals surface area contributed by atoms with Crippen molar-refractivity contribution in [1.29, 1.82) is 0 Å². The van der Waals surface area contributed by atoms with Crippen molar-refractivity contribution in [1.82, 2.24) is 25.5 Å². The number of hydrogen-bond donors (Lipinski definition) is 3. The minimum Gasteiger partial charge on any atom is -0.380 e. The smallest absolute Gasteiger partial charge is 0.272 e. The van der Waals surface area contributed by atoms with Crippen molar-refractivity contribution in [2.24, 2.45) is 0 Å². The number of fused-ring (bicyclic) bond motifs is 1.